The first-order valence-electron chi connectivity index (χ1n) is 6.93. The van der Waals surface area contributed by atoms with Crippen LogP contribution in [0.3, 0.4) is 0 Å². The molecule has 1 heterocycles. The Bertz CT molecular complexity index is 723. The van der Waals surface area contributed by atoms with Crippen LogP contribution < -0.4 is 10.3 Å². The number of aryl methyl sites for hydroxylation is 1. The van der Waals surface area contributed by atoms with Crippen LogP contribution in [-0.4, -0.2) is 18.1 Å². The molecule has 4 heteroatoms. The lowest BCUT2D eigenvalue weighted by molar-refractivity contribution is -0.902. The summed E-state index contributed by atoms with van der Waals surface area (Å²) < 4.78 is 0. The van der Waals surface area contributed by atoms with Gasteiger partial charge >= 0.3 is 0 Å². The van der Waals surface area contributed by atoms with E-state index in [1.165, 1.54) is 4.90 Å². The van der Waals surface area contributed by atoms with E-state index in [1.54, 1.807) is 12.1 Å². The second kappa shape index (κ2) is 6.74. The van der Waals surface area contributed by atoms with Crippen molar-refractivity contribution >= 4 is 22.5 Å². The number of aromatic nitrogens is 1. The lowest BCUT2D eigenvalue weighted by atomic mass is 10.1. The fourth-order valence-electron chi connectivity index (χ4n) is 2.53. The molecule has 0 amide bonds. The van der Waals surface area contributed by atoms with Crippen molar-refractivity contribution in [3.8, 4) is 0 Å². The number of quaternary nitrogens is 1. The number of pyridine rings is 1. The Morgan fingerprint density at radius 3 is 2.57 bits per heavy atom. The van der Waals surface area contributed by atoms with Gasteiger partial charge in [0.05, 0.1) is 29.2 Å². The lowest BCUT2D eigenvalue weighted by Crippen LogP contribution is -3.10. The van der Waals surface area contributed by atoms with Crippen LogP contribution in [0.2, 0.25) is 5.02 Å². The second-order valence-electron chi connectivity index (χ2n) is 5.13. The number of rotatable bonds is 6. The molecule has 3 nitrogen and oxygen atoms in total. The van der Waals surface area contributed by atoms with Crippen molar-refractivity contribution in [3.05, 3.63) is 70.0 Å². The van der Waals surface area contributed by atoms with E-state index in [9.17, 15) is 4.79 Å². The Kier molecular flexibility index (Phi) is 4.99. The van der Waals surface area contributed by atoms with Gasteiger partial charge in [-0.15, -0.1) is 0 Å². The van der Waals surface area contributed by atoms with Crippen LogP contribution in [0.25, 0.3) is 10.9 Å². The first-order valence-corrected chi connectivity index (χ1v) is 7.31. The predicted octanol–water partition coefficient (Wildman–Crippen LogP) is 2.25. The molecule has 0 aliphatic rings. The van der Waals surface area contributed by atoms with Gasteiger partial charge in [0.2, 0.25) is 0 Å². The lowest BCUT2D eigenvalue weighted by Gasteiger charge is -2.17. The summed E-state index contributed by atoms with van der Waals surface area (Å²) in [7, 11) is 0. The van der Waals surface area contributed by atoms with Crippen LogP contribution >= 0.6 is 11.6 Å². The quantitative estimate of drug-likeness (QED) is 0.789. The Balaban J connectivity index is 2.51. The molecule has 0 radical (unpaired) electrons. The highest BCUT2D eigenvalue weighted by atomic mass is 35.5. The average molecular weight is 304 g/mol. The molecule has 110 valence electrons. The third kappa shape index (κ3) is 3.26. The van der Waals surface area contributed by atoms with Crippen molar-refractivity contribution in [1.29, 1.82) is 0 Å². The van der Waals surface area contributed by atoms with Crippen molar-refractivity contribution in [2.45, 2.75) is 13.5 Å². The Morgan fingerprint density at radius 2 is 1.95 bits per heavy atom. The summed E-state index contributed by atoms with van der Waals surface area (Å²) in [6.07, 6.45) is 3.72. The topological polar surface area (TPSA) is 37.3 Å². The molecular formula is C17H20ClN2O+. The summed E-state index contributed by atoms with van der Waals surface area (Å²) in [5, 5.41) is 1.21. The molecule has 2 N–H and O–H groups in total. The van der Waals surface area contributed by atoms with Crippen molar-refractivity contribution in [3.63, 3.8) is 0 Å². The van der Waals surface area contributed by atoms with E-state index in [0.717, 1.165) is 24.3 Å². The van der Waals surface area contributed by atoms with E-state index in [1.807, 2.05) is 25.1 Å². The number of hydrogen-bond acceptors (Lipinski definition) is 1. The van der Waals surface area contributed by atoms with Crippen LogP contribution in [0.15, 0.2) is 48.3 Å². The maximum absolute atomic E-state index is 12.7. The number of H-pyrrole nitrogens is 1. The molecule has 0 unspecified atom stereocenters. The van der Waals surface area contributed by atoms with E-state index in [0.29, 0.717) is 22.5 Å². The van der Waals surface area contributed by atoms with Crippen LogP contribution in [0, 0.1) is 6.92 Å². The Hall–Kier alpha value is -1.84. The molecule has 0 saturated heterocycles. The van der Waals surface area contributed by atoms with E-state index in [-0.39, 0.29) is 5.43 Å². The van der Waals surface area contributed by atoms with Crippen LogP contribution in [0.1, 0.15) is 11.3 Å². The van der Waals surface area contributed by atoms with Gasteiger partial charge in [0.25, 0.3) is 0 Å². The number of benzene rings is 1. The minimum absolute atomic E-state index is 0.0503. The normalized spacial score (nSPS) is 11.0. The monoisotopic (exact) mass is 303 g/mol. The molecule has 1 aromatic carbocycles. The maximum Gasteiger partial charge on any atom is 0.198 e. The van der Waals surface area contributed by atoms with E-state index >= 15 is 0 Å². The molecule has 0 atom stereocenters. The van der Waals surface area contributed by atoms with Gasteiger partial charge in [-0.2, -0.15) is 0 Å². The summed E-state index contributed by atoms with van der Waals surface area (Å²) in [6, 6.07) is 5.40. The first-order chi connectivity index (χ1) is 10.1. The van der Waals surface area contributed by atoms with Gasteiger partial charge in [-0.25, -0.2) is 0 Å². The first kappa shape index (κ1) is 15.5. The molecule has 0 fully saturated rings. The highest BCUT2D eigenvalue weighted by molar-refractivity contribution is 6.35. The molecule has 0 spiro atoms. The number of fused-ring (bicyclic) bond motifs is 1. The SMILES string of the molecule is C=CC[NH+](CC=C)Cc1c(C)[nH]c2c(Cl)cccc2c1=O. The number of aromatic amines is 1. The molecule has 21 heavy (non-hydrogen) atoms. The molecule has 1 aromatic heterocycles. The van der Waals surface area contributed by atoms with Gasteiger partial charge in [-0.05, 0) is 31.2 Å². The third-order valence-electron chi connectivity index (χ3n) is 3.59. The summed E-state index contributed by atoms with van der Waals surface area (Å²) in [5.41, 5.74) is 2.42. The molecule has 0 aliphatic carbocycles. The van der Waals surface area contributed by atoms with Crippen LogP contribution in [0.5, 0.6) is 0 Å². The van der Waals surface area contributed by atoms with Crippen molar-refractivity contribution < 1.29 is 4.90 Å². The summed E-state index contributed by atoms with van der Waals surface area (Å²) in [4.78, 5) is 17.2. The van der Waals surface area contributed by atoms with Crippen molar-refractivity contribution in [2.75, 3.05) is 13.1 Å². The van der Waals surface area contributed by atoms with E-state index < -0.39 is 0 Å². The summed E-state index contributed by atoms with van der Waals surface area (Å²) in [6.45, 7) is 11.7. The van der Waals surface area contributed by atoms with Gasteiger partial charge in [0.1, 0.15) is 6.54 Å². The molecule has 0 bridgehead atoms. The fraction of sp³-hybridized carbons (Fsp3) is 0.235. The smallest absolute Gasteiger partial charge is 0.198 e. The minimum atomic E-state index is 0.0503. The van der Waals surface area contributed by atoms with Crippen molar-refractivity contribution in [2.24, 2.45) is 0 Å². The number of para-hydroxylation sites is 1. The zero-order valence-corrected chi connectivity index (χ0v) is 13.0. The number of halogens is 1. The molecule has 2 aromatic rings. The second-order valence-corrected chi connectivity index (χ2v) is 5.54. The minimum Gasteiger partial charge on any atom is -0.357 e. The number of hydrogen-bond donors (Lipinski definition) is 2. The Labute approximate surface area is 129 Å². The molecule has 0 saturated carbocycles. The van der Waals surface area contributed by atoms with Gasteiger partial charge in [-0.3, -0.25) is 4.79 Å². The highest BCUT2D eigenvalue weighted by Crippen LogP contribution is 2.20. The van der Waals surface area contributed by atoms with Gasteiger partial charge < -0.3 is 9.88 Å². The fourth-order valence-corrected chi connectivity index (χ4v) is 2.76. The zero-order valence-electron chi connectivity index (χ0n) is 12.2. The van der Waals surface area contributed by atoms with Gasteiger partial charge in [-0.1, -0.05) is 30.8 Å². The maximum atomic E-state index is 12.7. The number of nitrogens with one attached hydrogen (secondary N) is 2. The van der Waals surface area contributed by atoms with Crippen LogP contribution in [-0.2, 0) is 6.54 Å². The van der Waals surface area contributed by atoms with E-state index in [4.69, 9.17) is 11.6 Å². The van der Waals surface area contributed by atoms with Crippen LogP contribution in [0.4, 0.5) is 0 Å². The molecule has 2 rings (SSSR count). The molecular weight excluding hydrogens is 284 g/mol. The summed E-state index contributed by atoms with van der Waals surface area (Å²) >= 11 is 6.16. The molecule has 0 aliphatic heterocycles. The average Bonchev–Trinajstić information content (AvgIpc) is 2.45. The third-order valence-corrected chi connectivity index (χ3v) is 3.91. The summed E-state index contributed by atoms with van der Waals surface area (Å²) in [5.74, 6) is 0. The van der Waals surface area contributed by atoms with E-state index in [2.05, 4.69) is 18.1 Å². The Morgan fingerprint density at radius 1 is 1.29 bits per heavy atom. The zero-order chi connectivity index (χ0) is 15.4. The largest absolute Gasteiger partial charge is 0.357 e. The predicted molar refractivity (Wildman–Crippen MR) is 89.1 cm³/mol. The highest BCUT2D eigenvalue weighted by Gasteiger charge is 2.15. The standard InChI is InChI=1S/C17H19ClN2O/c1-4-9-20(10-5-2)11-14-12(3)19-16-13(17(14)21)7-6-8-15(16)18/h4-8H,1-2,9-11H2,3H3,(H,19,21)/p+1. The van der Waals surface area contributed by atoms with Crippen molar-refractivity contribution in [1.82, 2.24) is 4.98 Å². The van der Waals surface area contributed by atoms with Gasteiger partial charge in [0.15, 0.2) is 5.43 Å². The van der Waals surface area contributed by atoms with Gasteiger partial charge in [0, 0.05) is 11.1 Å².